The molecule has 0 unspecified atom stereocenters. The van der Waals surface area contributed by atoms with Gasteiger partial charge < -0.3 is 28.7 Å². The van der Waals surface area contributed by atoms with E-state index in [2.05, 4.69) is 6.92 Å². The molecule has 2 amide bonds. The molecule has 0 N–H and O–H groups in total. The monoisotopic (exact) mass is 480 g/mol. The Morgan fingerprint density at radius 2 is 1.53 bits per heavy atom. The Kier molecular flexibility index (Phi) is 9.16. The van der Waals surface area contributed by atoms with Crippen LogP contribution in [0.25, 0.3) is 0 Å². The molecule has 0 aromatic carbocycles. The summed E-state index contributed by atoms with van der Waals surface area (Å²) < 4.78 is 25.2. The van der Waals surface area contributed by atoms with Gasteiger partial charge in [-0.15, -0.1) is 0 Å². The molecule has 0 aromatic rings. The third kappa shape index (κ3) is 6.65. The SMILES string of the molecule is CCCCCCCCCCCCO[C@H]1O[C@H]([C@@H]2CN(C)C(=O)N2CC2CC2)[C@@H]2OC(C)(C)O[C@H]12. The zero-order valence-corrected chi connectivity index (χ0v) is 22.0. The van der Waals surface area contributed by atoms with Crippen molar-refractivity contribution in [3.63, 3.8) is 0 Å². The molecule has 34 heavy (non-hydrogen) atoms. The third-order valence-electron chi connectivity index (χ3n) is 7.79. The smallest absolute Gasteiger partial charge is 0.320 e. The Bertz CT molecular complexity index is 655. The van der Waals surface area contributed by atoms with Gasteiger partial charge in [0.05, 0.1) is 6.04 Å². The van der Waals surface area contributed by atoms with Crippen LogP contribution in [0, 0.1) is 5.92 Å². The van der Waals surface area contributed by atoms with E-state index in [9.17, 15) is 4.79 Å². The van der Waals surface area contributed by atoms with Crippen LogP contribution in [0.2, 0.25) is 0 Å². The van der Waals surface area contributed by atoms with E-state index in [1.54, 1.807) is 0 Å². The van der Waals surface area contributed by atoms with Crippen molar-refractivity contribution in [2.24, 2.45) is 5.92 Å². The summed E-state index contributed by atoms with van der Waals surface area (Å²) in [6.07, 6.45) is 14.4. The van der Waals surface area contributed by atoms with Gasteiger partial charge in [-0.05, 0) is 39.0 Å². The Labute approximate surface area is 206 Å². The summed E-state index contributed by atoms with van der Waals surface area (Å²) in [5.74, 6) is -0.0258. The maximum atomic E-state index is 12.8. The first-order valence-electron chi connectivity index (χ1n) is 14.0. The molecule has 196 valence electrons. The summed E-state index contributed by atoms with van der Waals surface area (Å²) in [6, 6.07) is 0.0824. The molecule has 3 heterocycles. The summed E-state index contributed by atoms with van der Waals surface area (Å²) in [5.41, 5.74) is 0. The predicted octanol–water partition coefficient (Wildman–Crippen LogP) is 5.31. The molecule has 0 bridgehead atoms. The molecule has 1 aliphatic carbocycles. The van der Waals surface area contributed by atoms with Crippen LogP contribution < -0.4 is 0 Å². The van der Waals surface area contributed by atoms with Gasteiger partial charge in [0.25, 0.3) is 0 Å². The van der Waals surface area contributed by atoms with Crippen molar-refractivity contribution in [3.05, 3.63) is 0 Å². The first-order valence-corrected chi connectivity index (χ1v) is 14.0. The van der Waals surface area contributed by atoms with Crippen LogP contribution in [-0.2, 0) is 18.9 Å². The van der Waals surface area contributed by atoms with Crippen LogP contribution in [-0.4, -0.2) is 79.0 Å². The van der Waals surface area contributed by atoms with Gasteiger partial charge in [0, 0.05) is 26.7 Å². The van der Waals surface area contributed by atoms with Crippen LogP contribution in [0.3, 0.4) is 0 Å². The number of fused-ring (bicyclic) bond motifs is 1. The van der Waals surface area contributed by atoms with E-state index in [0.29, 0.717) is 19.1 Å². The first-order chi connectivity index (χ1) is 16.4. The molecule has 4 rings (SSSR count). The standard InChI is InChI=1S/C27H48N2O5/c1-5-6-7-8-9-10-11-12-13-14-17-31-25-24-23(33-27(2,3)34-24)22(32-25)21-19-28(4)26(30)29(21)18-20-15-16-20/h20-25H,5-19H2,1-4H3/t21-,22+,23-,24-,25-/m0/s1. The molecule has 5 atom stereocenters. The van der Waals surface area contributed by atoms with Gasteiger partial charge in [0.1, 0.15) is 18.3 Å². The van der Waals surface area contributed by atoms with Gasteiger partial charge >= 0.3 is 6.03 Å². The van der Waals surface area contributed by atoms with E-state index in [1.165, 1.54) is 70.6 Å². The molecule has 0 spiro atoms. The quantitative estimate of drug-likeness (QED) is 0.297. The van der Waals surface area contributed by atoms with Crippen LogP contribution in [0.15, 0.2) is 0 Å². The van der Waals surface area contributed by atoms with E-state index >= 15 is 0 Å². The van der Waals surface area contributed by atoms with Crippen molar-refractivity contribution in [2.75, 3.05) is 26.7 Å². The number of carbonyl (C=O) groups is 1. The lowest BCUT2D eigenvalue weighted by Crippen LogP contribution is -2.48. The molecule has 3 aliphatic heterocycles. The fraction of sp³-hybridized carbons (Fsp3) is 0.963. The lowest BCUT2D eigenvalue weighted by Gasteiger charge is -2.31. The highest BCUT2D eigenvalue weighted by molar-refractivity contribution is 5.77. The highest BCUT2D eigenvalue weighted by Crippen LogP contribution is 2.43. The van der Waals surface area contributed by atoms with E-state index in [-0.39, 0.29) is 30.4 Å². The molecule has 4 aliphatic rings. The van der Waals surface area contributed by atoms with Crippen LogP contribution in [0.1, 0.15) is 97.8 Å². The molecular weight excluding hydrogens is 432 g/mol. The Morgan fingerprint density at radius 3 is 2.18 bits per heavy atom. The number of nitrogens with zero attached hydrogens (tertiary/aromatic N) is 2. The number of urea groups is 1. The van der Waals surface area contributed by atoms with Gasteiger partial charge in [-0.2, -0.15) is 0 Å². The molecule has 0 aromatic heterocycles. The summed E-state index contributed by atoms with van der Waals surface area (Å²) in [6.45, 7) is 8.33. The summed E-state index contributed by atoms with van der Waals surface area (Å²) >= 11 is 0. The Hall–Kier alpha value is -0.890. The van der Waals surface area contributed by atoms with E-state index < -0.39 is 12.1 Å². The second-order valence-electron chi connectivity index (χ2n) is 11.4. The zero-order chi connectivity index (χ0) is 24.1. The number of carbonyl (C=O) groups excluding carboxylic acids is 1. The van der Waals surface area contributed by atoms with Crippen molar-refractivity contribution in [1.29, 1.82) is 0 Å². The summed E-state index contributed by atoms with van der Waals surface area (Å²) in [7, 11) is 1.88. The number of likely N-dealkylation sites (N-methyl/N-ethyl adjacent to an activating group) is 1. The molecule has 3 saturated heterocycles. The van der Waals surface area contributed by atoms with E-state index in [0.717, 1.165) is 13.0 Å². The summed E-state index contributed by atoms with van der Waals surface area (Å²) in [5, 5.41) is 0. The van der Waals surface area contributed by atoms with Crippen LogP contribution in [0.5, 0.6) is 0 Å². The average Bonchev–Trinajstić information content (AvgIpc) is 3.41. The Balaban J connectivity index is 1.22. The zero-order valence-electron chi connectivity index (χ0n) is 22.0. The van der Waals surface area contributed by atoms with Crippen molar-refractivity contribution in [3.8, 4) is 0 Å². The average molecular weight is 481 g/mol. The highest BCUT2D eigenvalue weighted by Gasteiger charge is 2.60. The van der Waals surface area contributed by atoms with Gasteiger partial charge in [-0.25, -0.2) is 4.79 Å². The fourth-order valence-corrected chi connectivity index (χ4v) is 5.72. The minimum absolute atomic E-state index is 0.0194. The minimum atomic E-state index is -0.661. The molecule has 1 saturated carbocycles. The highest BCUT2D eigenvalue weighted by atomic mass is 16.8. The van der Waals surface area contributed by atoms with Crippen molar-refractivity contribution in [2.45, 2.75) is 134 Å². The second-order valence-corrected chi connectivity index (χ2v) is 11.4. The minimum Gasteiger partial charge on any atom is -0.350 e. The van der Waals surface area contributed by atoms with Crippen molar-refractivity contribution < 1.29 is 23.7 Å². The lowest BCUT2D eigenvalue weighted by molar-refractivity contribution is -0.238. The molecular formula is C27H48N2O5. The maximum Gasteiger partial charge on any atom is 0.320 e. The van der Waals surface area contributed by atoms with Crippen LogP contribution >= 0.6 is 0 Å². The number of rotatable bonds is 15. The second kappa shape index (κ2) is 11.9. The van der Waals surface area contributed by atoms with Gasteiger partial charge in [0.2, 0.25) is 0 Å². The van der Waals surface area contributed by atoms with Crippen molar-refractivity contribution in [1.82, 2.24) is 9.80 Å². The van der Waals surface area contributed by atoms with Crippen LogP contribution in [0.4, 0.5) is 4.79 Å². The lowest BCUT2D eigenvalue weighted by atomic mass is 10.0. The maximum absolute atomic E-state index is 12.8. The number of unbranched alkanes of at least 4 members (excludes halogenated alkanes) is 9. The van der Waals surface area contributed by atoms with E-state index in [1.807, 2.05) is 30.7 Å². The molecule has 7 heteroatoms. The topological polar surface area (TPSA) is 60.5 Å². The fourth-order valence-electron chi connectivity index (χ4n) is 5.72. The van der Waals surface area contributed by atoms with Crippen molar-refractivity contribution >= 4 is 6.03 Å². The molecule has 0 radical (unpaired) electrons. The normalized spacial score (nSPS) is 32.7. The largest absolute Gasteiger partial charge is 0.350 e. The van der Waals surface area contributed by atoms with Gasteiger partial charge in [-0.3, -0.25) is 0 Å². The predicted molar refractivity (Wildman–Crippen MR) is 132 cm³/mol. The number of ether oxygens (including phenoxy) is 4. The van der Waals surface area contributed by atoms with Gasteiger partial charge in [-0.1, -0.05) is 64.7 Å². The third-order valence-corrected chi connectivity index (χ3v) is 7.79. The number of amides is 2. The van der Waals surface area contributed by atoms with E-state index in [4.69, 9.17) is 18.9 Å². The Morgan fingerprint density at radius 1 is 0.912 bits per heavy atom. The number of hydrogen-bond donors (Lipinski definition) is 0. The molecule has 7 nitrogen and oxygen atoms in total. The molecule has 4 fully saturated rings. The number of hydrogen-bond acceptors (Lipinski definition) is 5. The summed E-state index contributed by atoms with van der Waals surface area (Å²) in [4.78, 5) is 16.6. The first kappa shape index (κ1) is 26.2. The van der Waals surface area contributed by atoms with Gasteiger partial charge in [0.15, 0.2) is 12.1 Å².